The number of nitrogens with one attached hydrogen (secondary N) is 1. The van der Waals surface area contributed by atoms with Gasteiger partial charge in [-0.3, -0.25) is 4.79 Å². The molecular formula is C55H99NO18. The van der Waals surface area contributed by atoms with Gasteiger partial charge in [-0.1, -0.05) is 147 Å². The third-order valence-corrected chi connectivity index (χ3v) is 14.2. The van der Waals surface area contributed by atoms with Crippen molar-refractivity contribution < 1.29 is 89.4 Å². The van der Waals surface area contributed by atoms with Crippen LogP contribution >= 0.6 is 0 Å². The predicted octanol–water partition coefficient (Wildman–Crippen LogP) is 3.76. The quantitative estimate of drug-likeness (QED) is 0.0307. The first kappa shape index (κ1) is 66.3. The van der Waals surface area contributed by atoms with Gasteiger partial charge < -0.3 is 89.9 Å². The maximum atomic E-state index is 13.3. The van der Waals surface area contributed by atoms with Crippen molar-refractivity contribution in [1.82, 2.24) is 5.32 Å². The molecule has 3 aliphatic heterocycles. The molecular weight excluding hydrogens is 963 g/mol. The molecule has 0 aromatic carbocycles. The lowest BCUT2D eigenvalue weighted by Crippen LogP contribution is -2.66. The van der Waals surface area contributed by atoms with E-state index in [4.69, 9.17) is 28.4 Å². The van der Waals surface area contributed by atoms with E-state index in [0.29, 0.717) is 12.8 Å². The maximum absolute atomic E-state index is 13.3. The van der Waals surface area contributed by atoms with E-state index >= 15 is 0 Å². The molecule has 3 aliphatic rings. The highest BCUT2D eigenvalue weighted by atomic mass is 16.8. The van der Waals surface area contributed by atoms with E-state index in [-0.39, 0.29) is 18.9 Å². The Balaban J connectivity index is 1.53. The van der Waals surface area contributed by atoms with Gasteiger partial charge in [0.05, 0.1) is 38.6 Å². The first-order chi connectivity index (χ1) is 35.8. The number of amides is 1. The van der Waals surface area contributed by atoms with Crippen LogP contribution in [0.2, 0.25) is 0 Å². The molecule has 1 amide bonds. The summed E-state index contributed by atoms with van der Waals surface area (Å²) < 4.78 is 34.1. The van der Waals surface area contributed by atoms with Gasteiger partial charge in [-0.2, -0.15) is 0 Å². The first-order valence-electron chi connectivity index (χ1n) is 28.2. The molecule has 17 atom stereocenters. The van der Waals surface area contributed by atoms with Crippen LogP contribution in [0.5, 0.6) is 0 Å². The topological polar surface area (TPSA) is 307 Å². The summed E-state index contributed by atoms with van der Waals surface area (Å²) in [5, 5.41) is 120. The van der Waals surface area contributed by atoms with E-state index in [1.165, 1.54) is 89.9 Å². The summed E-state index contributed by atoms with van der Waals surface area (Å²) >= 11 is 0. The molecule has 0 aromatic heterocycles. The second-order valence-electron chi connectivity index (χ2n) is 20.4. The lowest BCUT2D eigenvalue weighted by atomic mass is 9.96. The number of ether oxygens (including phenoxy) is 6. The molecule has 0 bridgehead atoms. The van der Waals surface area contributed by atoms with Crippen LogP contribution in [0, 0.1) is 0 Å². The predicted molar refractivity (Wildman–Crippen MR) is 277 cm³/mol. The highest BCUT2D eigenvalue weighted by Crippen LogP contribution is 2.33. The fourth-order valence-corrected chi connectivity index (χ4v) is 9.43. The summed E-state index contributed by atoms with van der Waals surface area (Å²) in [5.41, 5.74) is 0. The summed E-state index contributed by atoms with van der Waals surface area (Å²) in [6.07, 6.45) is 12.8. The van der Waals surface area contributed by atoms with Crippen LogP contribution in [0.25, 0.3) is 0 Å². The van der Waals surface area contributed by atoms with Gasteiger partial charge in [0.15, 0.2) is 18.9 Å². The van der Waals surface area contributed by atoms with Crippen LogP contribution in [0.3, 0.4) is 0 Å². The van der Waals surface area contributed by atoms with Crippen molar-refractivity contribution in [3.8, 4) is 0 Å². The van der Waals surface area contributed by atoms with E-state index in [9.17, 15) is 61.0 Å². The number of carbonyl (C=O) groups excluding carboxylic acids is 1. The minimum absolute atomic E-state index is 0.230. The number of carbonyl (C=O) groups is 1. The van der Waals surface area contributed by atoms with E-state index in [0.717, 1.165) is 51.4 Å². The van der Waals surface area contributed by atoms with E-state index in [2.05, 4.69) is 43.5 Å². The fourth-order valence-electron chi connectivity index (χ4n) is 9.43. The van der Waals surface area contributed by atoms with Gasteiger partial charge >= 0.3 is 0 Å². The van der Waals surface area contributed by atoms with Gasteiger partial charge in [-0.15, -0.1) is 0 Å². The Kier molecular flexibility index (Phi) is 35.3. The SMILES string of the molecule is CCCCCCCC/C=C\CCCCCCCCCC(=O)NC(COC1OC(CO)C(OC2OC(CO)C(OC3OC(CO)C(O)C(O)C3O)C(O)C2O)C(O)C1O)C(O)/C=C/CC/C=C/CCCCCCCC. The Labute approximate surface area is 440 Å². The Hall–Kier alpha value is -1.99. The van der Waals surface area contributed by atoms with Gasteiger partial charge in [-0.05, 0) is 57.8 Å². The van der Waals surface area contributed by atoms with Gasteiger partial charge in [0.25, 0.3) is 0 Å². The third kappa shape index (κ3) is 23.9. The lowest BCUT2D eigenvalue weighted by molar-refractivity contribution is -0.379. The Morgan fingerprint density at radius 3 is 1.35 bits per heavy atom. The molecule has 3 fully saturated rings. The number of hydrogen-bond acceptors (Lipinski definition) is 18. The Bertz CT molecular complexity index is 1500. The standard InChI is InChI=1S/C55H99NO18/c1-3-5-7-9-11-13-15-17-18-19-20-21-23-25-27-29-31-33-43(61)56-38(39(60)32-30-28-26-24-22-16-14-12-10-8-6-4-2)37-69-53-49(67)46(64)51(41(35-58)71-53)74-55-50(68)47(65)52(42(36-59)72-55)73-54-48(66)45(63)44(62)40(34-57)70-54/h17-18,22,24,30,32,38-42,44-55,57-60,62-68H,3-16,19-21,23,25-29,31,33-37H2,1-2H3,(H,56,61)/b18-17-,24-22+,32-30+. The molecule has 19 heteroatoms. The molecule has 0 saturated carbocycles. The molecule has 3 heterocycles. The molecule has 0 aromatic rings. The molecule has 19 nitrogen and oxygen atoms in total. The number of unbranched alkanes of at least 4 members (excludes halogenated alkanes) is 20. The van der Waals surface area contributed by atoms with E-state index in [1.54, 1.807) is 6.08 Å². The molecule has 17 unspecified atom stereocenters. The van der Waals surface area contributed by atoms with Crippen LogP contribution in [-0.4, -0.2) is 193 Å². The monoisotopic (exact) mass is 1060 g/mol. The van der Waals surface area contributed by atoms with E-state index < -0.39 is 124 Å². The van der Waals surface area contributed by atoms with Crippen molar-refractivity contribution in [3.63, 3.8) is 0 Å². The highest BCUT2D eigenvalue weighted by molar-refractivity contribution is 5.76. The fraction of sp³-hybridized carbons (Fsp3) is 0.873. The summed E-state index contributed by atoms with van der Waals surface area (Å²) in [4.78, 5) is 13.3. The third-order valence-electron chi connectivity index (χ3n) is 14.2. The number of aliphatic hydroxyl groups is 11. The Morgan fingerprint density at radius 1 is 0.473 bits per heavy atom. The second-order valence-corrected chi connectivity index (χ2v) is 20.4. The lowest BCUT2D eigenvalue weighted by Gasteiger charge is -2.48. The zero-order chi connectivity index (χ0) is 54.1. The first-order valence-corrected chi connectivity index (χ1v) is 28.2. The maximum Gasteiger partial charge on any atom is 0.220 e. The van der Waals surface area contributed by atoms with Crippen LogP contribution in [0.1, 0.15) is 174 Å². The summed E-state index contributed by atoms with van der Waals surface area (Å²) in [5.74, 6) is -0.293. The smallest absolute Gasteiger partial charge is 0.220 e. The summed E-state index contributed by atoms with van der Waals surface area (Å²) in [6.45, 7) is 1.65. The molecule has 0 radical (unpaired) electrons. The van der Waals surface area contributed by atoms with Gasteiger partial charge in [0.2, 0.25) is 5.91 Å². The summed E-state index contributed by atoms with van der Waals surface area (Å²) in [6, 6.07) is -0.989. The minimum atomic E-state index is -1.98. The van der Waals surface area contributed by atoms with Gasteiger partial charge in [0.1, 0.15) is 73.2 Å². The number of rotatable bonds is 40. The number of allylic oxidation sites excluding steroid dienone is 5. The van der Waals surface area contributed by atoms with Crippen LogP contribution in [0.4, 0.5) is 0 Å². The van der Waals surface area contributed by atoms with Gasteiger partial charge in [0, 0.05) is 6.42 Å². The number of aliphatic hydroxyl groups excluding tert-OH is 11. The minimum Gasteiger partial charge on any atom is -0.394 e. The van der Waals surface area contributed by atoms with Crippen molar-refractivity contribution in [2.75, 3.05) is 26.4 Å². The van der Waals surface area contributed by atoms with Crippen LogP contribution in [-0.2, 0) is 33.2 Å². The normalized spacial score (nSPS) is 31.7. The highest BCUT2D eigenvalue weighted by Gasteiger charge is 2.53. The molecule has 12 N–H and O–H groups in total. The van der Waals surface area contributed by atoms with Crippen molar-refractivity contribution in [2.24, 2.45) is 0 Å². The van der Waals surface area contributed by atoms with E-state index in [1.807, 2.05) is 6.08 Å². The molecule has 3 rings (SSSR count). The number of hydrogen-bond donors (Lipinski definition) is 12. The van der Waals surface area contributed by atoms with Crippen molar-refractivity contribution in [2.45, 2.75) is 279 Å². The van der Waals surface area contributed by atoms with Crippen molar-refractivity contribution in [3.05, 3.63) is 36.5 Å². The average Bonchev–Trinajstić information content (AvgIpc) is 3.40. The molecule has 0 aliphatic carbocycles. The Morgan fingerprint density at radius 2 is 0.865 bits per heavy atom. The average molecular weight is 1060 g/mol. The van der Waals surface area contributed by atoms with Crippen LogP contribution < -0.4 is 5.32 Å². The summed E-state index contributed by atoms with van der Waals surface area (Å²) in [7, 11) is 0. The van der Waals surface area contributed by atoms with Crippen molar-refractivity contribution in [1.29, 1.82) is 0 Å². The largest absolute Gasteiger partial charge is 0.394 e. The van der Waals surface area contributed by atoms with Crippen molar-refractivity contribution >= 4 is 5.91 Å². The van der Waals surface area contributed by atoms with Crippen LogP contribution in [0.15, 0.2) is 36.5 Å². The zero-order valence-corrected chi connectivity index (χ0v) is 44.6. The molecule has 0 spiro atoms. The second kappa shape index (κ2) is 39.4. The molecule has 74 heavy (non-hydrogen) atoms. The molecule has 3 saturated heterocycles. The molecule has 432 valence electrons. The van der Waals surface area contributed by atoms with Gasteiger partial charge in [-0.25, -0.2) is 0 Å². The zero-order valence-electron chi connectivity index (χ0n) is 44.6.